The third kappa shape index (κ3) is 3.90. The lowest BCUT2D eigenvalue weighted by Crippen LogP contribution is -2.14. The van der Waals surface area contributed by atoms with Crippen molar-refractivity contribution in [2.75, 3.05) is 0 Å². The lowest BCUT2D eigenvalue weighted by molar-refractivity contribution is 0.259. The molecule has 2 aromatic heterocycles. The molecule has 1 aliphatic rings. The van der Waals surface area contributed by atoms with Gasteiger partial charge in [0.1, 0.15) is 0 Å². The molecule has 116 valence electrons. The third-order valence-electron chi connectivity index (χ3n) is 5.15. The molecule has 0 spiro atoms. The Morgan fingerprint density at radius 1 is 0.857 bits per heavy atom. The summed E-state index contributed by atoms with van der Waals surface area (Å²) < 4.78 is 3.07. The van der Waals surface area contributed by atoms with Crippen molar-refractivity contribution in [3.8, 4) is 0 Å². The Morgan fingerprint density at radius 2 is 1.43 bits per heavy atom. The van der Waals surface area contributed by atoms with Crippen molar-refractivity contribution in [1.82, 2.24) is 0 Å². The zero-order chi connectivity index (χ0) is 14.7. The largest absolute Gasteiger partial charge is 0.139 e. The third-order valence-corrected chi connectivity index (χ3v) is 7.56. The molecule has 0 saturated heterocycles. The zero-order valence-electron chi connectivity index (χ0n) is 13.5. The number of hydrogen-bond donors (Lipinski definition) is 0. The molecule has 0 unspecified atom stereocenters. The lowest BCUT2D eigenvalue weighted by atomic mass is 9.79. The molecule has 1 saturated carbocycles. The fourth-order valence-electron chi connectivity index (χ4n) is 3.70. The van der Waals surface area contributed by atoms with Crippen LogP contribution in [0.1, 0.15) is 68.5 Å². The van der Waals surface area contributed by atoms with Crippen LogP contribution in [0.15, 0.2) is 12.1 Å². The van der Waals surface area contributed by atoms with Crippen LogP contribution in [0.5, 0.6) is 0 Å². The van der Waals surface area contributed by atoms with Gasteiger partial charge in [0.15, 0.2) is 0 Å². The van der Waals surface area contributed by atoms with E-state index in [9.17, 15) is 0 Å². The molecule has 0 radical (unpaired) electrons. The van der Waals surface area contributed by atoms with Crippen molar-refractivity contribution in [2.24, 2.45) is 11.8 Å². The van der Waals surface area contributed by atoms with Crippen LogP contribution in [0.4, 0.5) is 0 Å². The van der Waals surface area contributed by atoms with Gasteiger partial charge in [0, 0.05) is 19.2 Å². The summed E-state index contributed by atoms with van der Waals surface area (Å²) in [6, 6.07) is 4.91. The maximum Gasteiger partial charge on any atom is 0.0456 e. The van der Waals surface area contributed by atoms with Crippen molar-refractivity contribution in [3.05, 3.63) is 21.9 Å². The van der Waals surface area contributed by atoms with E-state index in [-0.39, 0.29) is 0 Å². The van der Waals surface area contributed by atoms with E-state index in [1.165, 1.54) is 67.2 Å². The summed E-state index contributed by atoms with van der Waals surface area (Å²) in [4.78, 5) is 3.19. The van der Waals surface area contributed by atoms with E-state index in [1.54, 1.807) is 9.75 Å². The zero-order valence-corrected chi connectivity index (χ0v) is 15.1. The van der Waals surface area contributed by atoms with Crippen molar-refractivity contribution in [1.29, 1.82) is 0 Å². The van der Waals surface area contributed by atoms with Gasteiger partial charge in [-0.15, -0.1) is 22.7 Å². The summed E-state index contributed by atoms with van der Waals surface area (Å²) >= 11 is 4.07. The maximum absolute atomic E-state index is 2.47. The van der Waals surface area contributed by atoms with Crippen molar-refractivity contribution in [3.63, 3.8) is 0 Å². The summed E-state index contributed by atoms with van der Waals surface area (Å²) in [5.41, 5.74) is 0. The predicted octanol–water partition coefficient (Wildman–Crippen LogP) is 7.06. The van der Waals surface area contributed by atoms with Gasteiger partial charge < -0.3 is 0 Å². The summed E-state index contributed by atoms with van der Waals surface area (Å²) in [7, 11) is 0. The van der Waals surface area contributed by atoms with Crippen LogP contribution in [-0.4, -0.2) is 0 Å². The van der Waals surface area contributed by atoms with Gasteiger partial charge in [-0.25, -0.2) is 0 Å². The van der Waals surface area contributed by atoms with Gasteiger partial charge in [0.05, 0.1) is 0 Å². The van der Waals surface area contributed by atoms with Crippen molar-refractivity contribution < 1.29 is 0 Å². The van der Waals surface area contributed by atoms with E-state index >= 15 is 0 Å². The first-order valence-electron chi connectivity index (χ1n) is 8.79. The fraction of sp³-hybridized carbons (Fsp3) is 0.684. The molecule has 2 heterocycles. The van der Waals surface area contributed by atoms with Gasteiger partial charge in [-0.1, -0.05) is 52.4 Å². The maximum atomic E-state index is 2.47. The lowest BCUT2D eigenvalue weighted by Gasteiger charge is -2.27. The Morgan fingerprint density at radius 3 is 2.00 bits per heavy atom. The Labute approximate surface area is 137 Å². The van der Waals surface area contributed by atoms with Gasteiger partial charge in [0.25, 0.3) is 0 Å². The van der Waals surface area contributed by atoms with Crippen LogP contribution in [-0.2, 0) is 12.8 Å². The minimum absolute atomic E-state index is 1.00. The van der Waals surface area contributed by atoms with Gasteiger partial charge in [-0.2, -0.15) is 0 Å². The molecule has 0 aliphatic heterocycles. The van der Waals surface area contributed by atoms with Crippen LogP contribution in [0.25, 0.3) is 9.40 Å². The molecule has 0 nitrogen and oxygen atoms in total. The average Bonchev–Trinajstić information content (AvgIpc) is 3.04. The van der Waals surface area contributed by atoms with E-state index in [1.807, 2.05) is 22.7 Å². The van der Waals surface area contributed by atoms with E-state index in [2.05, 4.69) is 26.0 Å². The predicted molar refractivity (Wildman–Crippen MR) is 97.8 cm³/mol. The quantitative estimate of drug-likeness (QED) is 0.534. The van der Waals surface area contributed by atoms with Crippen LogP contribution >= 0.6 is 22.7 Å². The van der Waals surface area contributed by atoms with Crippen LogP contribution < -0.4 is 0 Å². The summed E-state index contributed by atoms with van der Waals surface area (Å²) in [6.07, 6.45) is 12.6. The van der Waals surface area contributed by atoms with E-state index in [0.717, 1.165) is 11.8 Å². The Balaban J connectivity index is 1.52. The molecule has 21 heavy (non-hydrogen) atoms. The average molecular weight is 321 g/mol. The first-order valence-corrected chi connectivity index (χ1v) is 10.4. The smallest absolute Gasteiger partial charge is 0.0456 e. The highest BCUT2D eigenvalue weighted by atomic mass is 32.1. The second-order valence-corrected chi connectivity index (χ2v) is 9.07. The Hall–Kier alpha value is -0.340. The number of fused-ring (bicyclic) bond motifs is 1. The van der Waals surface area contributed by atoms with Gasteiger partial charge in [-0.3, -0.25) is 0 Å². The summed E-state index contributed by atoms with van der Waals surface area (Å²) in [6.45, 7) is 4.63. The molecule has 2 heteroatoms. The molecule has 0 bridgehead atoms. The molecule has 1 aliphatic carbocycles. The standard InChI is InChI=1S/C19H28S2/c1-3-5-16-12-18-19(20-16)13-17(21-18)11-10-15-8-6-14(4-2)7-9-15/h12-15H,3-11H2,1-2H3. The SMILES string of the molecule is CCCc1cc2sc(CCC3CCC(CC)CC3)cc2s1. The minimum Gasteiger partial charge on any atom is -0.139 e. The van der Waals surface area contributed by atoms with E-state index in [0.29, 0.717) is 0 Å². The molecule has 1 fully saturated rings. The molecule has 0 amide bonds. The Kier molecular flexibility index (Phi) is 5.39. The molecular formula is C19H28S2. The highest BCUT2D eigenvalue weighted by molar-refractivity contribution is 7.27. The van der Waals surface area contributed by atoms with Crippen LogP contribution in [0.3, 0.4) is 0 Å². The second-order valence-electron chi connectivity index (χ2n) is 6.74. The Bertz CT molecular complexity index is 524. The number of thiophene rings is 2. The molecule has 0 aromatic carbocycles. The molecule has 3 rings (SSSR count). The fourth-order valence-corrected chi connectivity index (χ4v) is 6.27. The van der Waals surface area contributed by atoms with Gasteiger partial charge in [0.2, 0.25) is 0 Å². The van der Waals surface area contributed by atoms with E-state index < -0.39 is 0 Å². The van der Waals surface area contributed by atoms with Crippen LogP contribution in [0, 0.1) is 11.8 Å². The van der Waals surface area contributed by atoms with E-state index in [4.69, 9.17) is 0 Å². The summed E-state index contributed by atoms with van der Waals surface area (Å²) in [5, 5.41) is 0. The highest BCUT2D eigenvalue weighted by Gasteiger charge is 2.20. The first-order chi connectivity index (χ1) is 10.3. The first kappa shape index (κ1) is 15.6. The van der Waals surface area contributed by atoms with Gasteiger partial charge >= 0.3 is 0 Å². The molecule has 0 atom stereocenters. The molecular weight excluding hydrogens is 292 g/mol. The number of rotatable bonds is 6. The monoisotopic (exact) mass is 320 g/mol. The second kappa shape index (κ2) is 7.28. The van der Waals surface area contributed by atoms with Crippen molar-refractivity contribution in [2.45, 2.75) is 71.6 Å². The van der Waals surface area contributed by atoms with Crippen molar-refractivity contribution >= 4 is 32.1 Å². The normalized spacial score (nSPS) is 23.0. The minimum atomic E-state index is 1.00. The molecule has 0 N–H and O–H groups in total. The molecule has 2 aromatic rings. The van der Waals surface area contributed by atoms with Crippen LogP contribution in [0.2, 0.25) is 0 Å². The van der Waals surface area contributed by atoms with Gasteiger partial charge in [-0.05, 0) is 43.2 Å². The topological polar surface area (TPSA) is 0 Å². The summed E-state index contributed by atoms with van der Waals surface area (Å²) in [5.74, 6) is 2.04. The number of hydrogen-bond acceptors (Lipinski definition) is 2. The number of aryl methyl sites for hydroxylation is 2. The highest BCUT2D eigenvalue weighted by Crippen LogP contribution is 2.37.